The molecule has 2 aromatic rings. The highest BCUT2D eigenvalue weighted by Crippen LogP contribution is 2.37. The Labute approximate surface area is 235 Å². The summed E-state index contributed by atoms with van der Waals surface area (Å²) in [7, 11) is 1.71. The van der Waals surface area contributed by atoms with Gasteiger partial charge in [0, 0.05) is 26.7 Å². The highest BCUT2D eigenvalue weighted by Gasteiger charge is 2.53. The summed E-state index contributed by atoms with van der Waals surface area (Å²) < 4.78 is 53.7. The van der Waals surface area contributed by atoms with Crippen LogP contribution in [0.1, 0.15) is 53.7 Å². The molecule has 0 unspecified atom stereocenters. The second kappa shape index (κ2) is 11.5. The number of likely N-dealkylation sites (tertiary alicyclic amines) is 1. The van der Waals surface area contributed by atoms with Crippen LogP contribution in [-0.2, 0) is 22.3 Å². The molecule has 41 heavy (non-hydrogen) atoms. The third-order valence-corrected chi connectivity index (χ3v) is 7.82. The zero-order valence-electron chi connectivity index (χ0n) is 23.0. The lowest BCUT2D eigenvalue weighted by Gasteiger charge is -2.43. The first-order valence-electron chi connectivity index (χ1n) is 13.2. The van der Waals surface area contributed by atoms with Gasteiger partial charge in [0.25, 0.3) is 5.91 Å². The minimum Gasteiger partial charge on any atom is -0.341 e. The predicted molar refractivity (Wildman–Crippen MR) is 140 cm³/mol. The number of nitrogens with one attached hydrogen (secondary N) is 1. The van der Waals surface area contributed by atoms with E-state index in [0.717, 1.165) is 5.56 Å². The smallest absolute Gasteiger partial charge is 0.341 e. The van der Waals surface area contributed by atoms with Crippen molar-refractivity contribution < 1.29 is 31.9 Å². The van der Waals surface area contributed by atoms with Crippen molar-refractivity contribution in [3.63, 3.8) is 0 Å². The van der Waals surface area contributed by atoms with Crippen LogP contribution in [0.2, 0.25) is 0 Å². The topological polar surface area (TPSA) is 96.8 Å². The van der Waals surface area contributed by atoms with Crippen LogP contribution in [0.15, 0.2) is 42.5 Å². The quantitative estimate of drug-likeness (QED) is 0.531. The summed E-state index contributed by atoms with van der Waals surface area (Å²) in [5.74, 6) is -3.21. The van der Waals surface area contributed by atoms with Gasteiger partial charge in [-0.05, 0) is 54.7 Å². The SMILES string of the molecule is CC(C)[C@@H](NC(=O)c1cc(C(F)(F)F)ccc1F)C(=O)N1CCC2(CC1)C(=O)N(C)CN2Cc1cccc(C#N)c1. The molecule has 0 aliphatic carbocycles. The van der Waals surface area contributed by atoms with Gasteiger partial charge in [-0.2, -0.15) is 18.4 Å². The molecule has 0 bridgehead atoms. The molecule has 4 rings (SSSR count). The van der Waals surface area contributed by atoms with Crippen LogP contribution in [0.3, 0.4) is 0 Å². The van der Waals surface area contributed by atoms with E-state index < -0.39 is 52.4 Å². The van der Waals surface area contributed by atoms with Crippen LogP contribution in [0.4, 0.5) is 17.6 Å². The van der Waals surface area contributed by atoms with Crippen molar-refractivity contribution in [1.82, 2.24) is 20.0 Å². The van der Waals surface area contributed by atoms with E-state index in [1.165, 1.54) is 4.90 Å². The molecule has 1 atom stereocenters. The number of hydrogen-bond donors (Lipinski definition) is 1. The van der Waals surface area contributed by atoms with Gasteiger partial charge < -0.3 is 15.1 Å². The van der Waals surface area contributed by atoms with E-state index in [-0.39, 0.29) is 19.0 Å². The lowest BCUT2D eigenvalue weighted by Crippen LogP contribution is -2.59. The number of benzene rings is 2. The van der Waals surface area contributed by atoms with Crippen molar-refractivity contribution in [1.29, 1.82) is 5.26 Å². The summed E-state index contributed by atoms with van der Waals surface area (Å²) in [4.78, 5) is 44.9. The van der Waals surface area contributed by atoms with E-state index in [9.17, 15) is 37.2 Å². The summed E-state index contributed by atoms with van der Waals surface area (Å²) >= 11 is 0. The molecule has 2 aliphatic rings. The number of hydrogen-bond acceptors (Lipinski definition) is 5. The maximum absolute atomic E-state index is 14.3. The molecule has 1 spiro atoms. The van der Waals surface area contributed by atoms with E-state index in [4.69, 9.17) is 0 Å². The molecule has 2 aromatic carbocycles. The van der Waals surface area contributed by atoms with Crippen molar-refractivity contribution in [2.75, 3.05) is 26.8 Å². The van der Waals surface area contributed by atoms with Crippen molar-refractivity contribution >= 4 is 17.7 Å². The van der Waals surface area contributed by atoms with Gasteiger partial charge in [-0.3, -0.25) is 19.3 Å². The average Bonchev–Trinajstić information content (AvgIpc) is 3.15. The minimum atomic E-state index is -4.77. The summed E-state index contributed by atoms with van der Waals surface area (Å²) in [6, 6.07) is 9.71. The van der Waals surface area contributed by atoms with E-state index in [1.807, 2.05) is 11.0 Å². The first-order valence-corrected chi connectivity index (χ1v) is 13.2. The van der Waals surface area contributed by atoms with Crippen LogP contribution in [-0.4, -0.2) is 70.8 Å². The normalized spacial score (nSPS) is 18.1. The number of amides is 3. The number of nitriles is 1. The molecule has 2 saturated heterocycles. The van der Waals surface area contributed by atoms with E-state index in [2.05, 4.69) is 11.4 Å². The summed E-state index contributed by atoms with van der Waals surface area (Å²) in [6.07, 6.45) is -4.10. The Balaban J connectivity index is 1.48. The molecular formula is C29H31F4N5O3. The molecule has 2 aliphatic heterocycles. The Morgan fingerprint density at radius 1 is 1.12 bits per heavy atom. The van der Waals surface area contributed by atoms with Gasteiger partial charge in [-0.15, -0.1) is 0 Å². The number of rotatable bonds is 6. The van der Waals surface area contributed by atoms with Gasteiger partial charge in [0.05, 0.1) is 29.4 Å². The predicted octanol–water partition coefficient (Wildman–Crippen LogP) is 3.76. The number of alkyl halides is 3. The maximum Gasteiger partial charge on any atom is 0.416 e. The molecule has 2 heterocycles. The lowest BCUT2D eigenvalue weighted by molar-refractivity contribution is -0.142. The number of carbonyl (C=O) groups is 3. The largest absolute Gasteiger partial charge is 0.416 e. The zero-order valence-corrected chi connectivity index (χ0v) is 23.0. The second-order valence-corrected chi connectivity index (χ2v) is 10.9. The third kappa shape index (κ3) is 6.05. The van der Waals surface area contributed by atoms with Crippen molar-refractivity contribution in [2.45, 2.75) is 51.0 Å². The third-order valence-electron chi connectivity index (χ3n) is 7.82. The molecule has 8 nitrogen and oxygen atoms in total. The summed E-state index contributed by atoms with van der Waals surface area (Å²) in [5, 5.41) is 11.7. The molecule has 0 radical (unpaired) electrons. The highest BCUT2D eigenvalue weighted by atomic mass is 19.4. The molecule has 218 valence electrons. The Morgan fingerprint density at radius 2 is 1.80 bits per heavy atom. The molecule has 0 saturated carbocycles. The van der Waals surface area contributed by atoms with E-state index in [1.54, 1.807) is 44.0 Å². The Hall–Kier alpha value is -3.98. The fourth-order valence-corrected chi connectivity index (χ4v) is 5.54. The van der Waals surface area contributed by atoms with Gasteiger partial charge >= 0.3 is 6.18 Å². The van der Waals surface area contributed by atoms with Crippen LogP contribution in [0, 0.1) is 23.1 Å². The second-order valence-electron chi connectivity index (χ2n) is 10.9. The monoisotopic (exact) mass is 573 g/mol. The first kappa shape index (κ1) is 30.0. The van der Waals surface area contributed by atoms with Crippen LogP contribution < -0.4 is 5.32 Å². The number of nitrogens with zero attached hydrogens (tertiary/aromatic N) is 4. The van der Waals surface area contributed by atoms with E-state index >= 15 is 0 Å². The van der Waals surface area contributed by atoms with Crippen molar-refractivity contribution in [3.05, 3.63) is 70.5 Å². The summed E-state index contributed by atoms with van der Waals surface area (Å²) in [6.45, 7) is 4.59. The number of halogens is 4. The molecular weight excluding hydrogens is 542 g/mol. The van der Waals surface area contributed by atoms with Crippen LogP contribution in [0.25, 0.3) is 0 Å². The molecule has 12 heteroatoms. The first-order chi connectivity index (χ1) is 19.3. The molecule has 3 amide bonds. The fraction of sp³-hybridized carbons (Fsp3) is 0.448. The maximum atomic E-state index is 14.3. The molecule has 0 aromatic heterocycles. The Bertz CT molecular complexity index is 1380. The Morgan fingerprint density at radius 3 is 2.41 bits per heavy atom. The van der Waals surface area contributed by atoms with Crippen LogP contribution >= 0.6 is 0 Å². The zero-order chi connectivity index (χ0) is 30.1. The fourth-order valence-electron chi connectivity index (χ4n) is 5.54. The number of piperidine rings is 1. The summed E-state index contributed by atoms with van der Waals surface area (Å²) in [5.41, 5.74) is -1.41. The molecule has 1 N–H and O–H groups in total. The van der Waals surface area contributed by atoms with Crippen molar-refractivity contribution in [2.24, 2.45) is 5.92 Å². The lowest BCUT2D eigenvalue weighted by atomic mass is 9.85. The highest BCUT2D eigenvalue weighted by molar-refractivity contribution is 5.98. The number of carbonyl (C=O) groups excluding carboxylic acids is 3. The number of likely N-dealkylation sites (N-methyl/N-ethyl adjacent to an activating group) is 1. The van der Waals surface area contributed by atoms with Gasteiger partial charge in [0.1, 0.15) is 17.4 Å². The molecule has 2 fully saturated rings. The van der Waals surface area contributed by atoms with Gasteiger partial charge in [0.2, 0.25) is 11.8 Å². The average molecular weight is 574 g/mol. The standard InChI is InChI=1S/C29H31F4N5O3/c1-18(2)24(35-25(39)22-14-21(29(31,32)33)7-8-23(22)30)26(40)37-11-9-28(10-12-37)27(41)36(3)17-38(28)16-20-6-4-5-19(13-20)15-34/h4-8,13-14,18,24H,9-12,16-17H2,1-3H3,(H,35,39)/t24-/m1/s1. The van der Waals surface area contributed by atoms with Gasteiger partial charge in [-0.25, -0.2) is 4.39 Å². The Kier molecular flexibility index (Phi) is 8.40. The minimum absolute atomic E-state index is 0.0604. The van der Waals surface area contributed by atoms with E-state index in [0.29, 0.717) is 49.8 Å². The van der Waals surface area contributed by atoms with Gasteiger partial charge in [0.15, 0.2) is 0 Å². The van der Waals surface area contributed by atoms with Crippen molar-refractivity contribution in [3.8, 4) is 6.07 Å². The van der Waals surface area contributed by atoms with Crippen LogP contribution in [0.5, 0.6) is 0 Å². The van der Waals surface area contributed by atoms with Gasteiger partial charge in [-0.1, -0.05) is 26.0 Å².